The van der Waals surface area contributed by atoms with E-state index in [2.05, 4.69) is 36.0 Å². The minimum atomic E-state index is 0.352. The summed E-state index contributed by atoms with van der Waals surface area (Å²) < 4.78 is 5.70. The molecule has 1 unspecified atom stereocenters. The van der Waals surface area contributed by atoms with Gasteiger partial charge in [0.2, 0.25) is 0 Å². The lowest BCUT2D eigenvalue weighted by Gasteiger charge is -2.39. The van der Waals surface area contributed by atoms with Gasteiger partial charge >= 0.3 is 0 Å². The van der Waals surface area contributed by atoms with Crippen LogP contribution < -0.4 is 5.32 Å². The van der Waals surface area contributed by atoms with E-state index in [0.29, 0.717) is 5.41 Å². The first-order chi connectivity index (χ1) is 9.10. The number of nitrogens with one attached hydrogen (secondary N) is 1. The zero-order valence-corrected chi connectivity index (χ0v) is 13.0. The fourth-order valence-corrected chi connectivity index (χ4v) is 3.08. The summed E-state index contributed by atoms with van der Waals surface area (Å²) in [5, 5.41) is 3.65. The van der Waals surface area contributed by atoms with Gasteiger partial charge in [0.1, 0.15) is 0 Å². The maximum atomic E-state index is 5.70. The fourth-order valence-electron chi connectivity index (χ4n) is 3.08. The lowest BCUT2D eigenvalue weighted by Crippen LogP contribution is -2.51. The van der Waals surface area contributed by atoms with Crippen molar-refractivity contribution in [2.24, 2.45) is 11.3 Å². The molecule has 1 atom stereocenters. The van der Waals surface area contributed by atoms with Crippen molar-refractivity contribution in [2.45, 2.75) is 20.3 Å². The van der Waals surface area contributed by atoms with Crippen LogP contribution in [0.5, 0.6) is 0 Å². The predicted molar refractivity (Wildman–Crippen MR) is 79.5 cm³/mol. The Morgan fingerprint density at radius 3 is 2.53 bits per heavy atom. The van der Waals surface area contributed by atoms with E-state index in [1.165, 1.54) is 39.1 Å². The molecular weight excluding hydrogens is 238 g/mol. The number of likely N-dealkylation sites (N-methyl/N-ethyl adjacent to an activating group) is 1. The molecule has 2 saturated heterocycles. The maximum absolute atomic E-state index is 5.70. The molecule has 0 radical (unpaired) electrons. The highest BCUT2D eigenvalue weighted by atomic mass is 16.5. The van der Waals surface area contributed by atoms with Gasteiger partial charge in [-0.2, -0.15) is 0 Å². The minimum absolute atomic E-state index is 0.352. The van der Waals surface area contributed by atoms with E-state index in [0.717, 1.165) is 32.2 Å². The lowest BCUT2D eigenvalue weighted by atomic mass is 9.86. The number of hydrogen-bond donors (Lipinski definition) is 1. The largest absolute Gasteiger partial charge is 0.381 e. The topological polar surface area (TPSA) is 27.7 Å². The average Bonchev–Trinajstić information content (AvgIpc) is 2.81. The molecule has 2 aliphatic rings. The van der Waals surface area contributed by atoms with Crippen molar-refractivity contribution in [1.29, 1.82) is 0 Å². The van der Waals surface area contributed by atoms with Gasteiger partial charge in [-0.3, -0.25) is 0 Å². The molecule has 2 fully saturated rings. The normalized spacial score (nSPS) is 30.3. The first kappa shape index (κ1) is 15.2. The summed E-state index contributed by atoms with van der Waals surface area (Å²) in [6.45, 7) is 14.7. The number of piperazine rings is 1. The van der Waals surface area contributed by atoms with Crippen LogP contribution in [0.2, 0.25) is 0 Å². The van der Waals surface area contributed by atoms with Gasteiger partial charge in [-0.15, -0.1) is 0 Å². The Kier molecular flexibility index (Phi) is 5.63. The number of hydrogen-bond acceptors (Lipinski definition) is 4. The summed E-state index contributed by atoms with van der Waals surface area (Å²) in [5.41, 5.74) is 0.352. The number of rotatable bonds is 6. The molecule has 2 aliphatic heterocycles. The molecule has 2 heterocycles. The third-order valence-electron chi connectivity index (χ3n) is 4.39. The molecule has 0 aromatic rings. The Balaban J connectivity index is 1.81. The Hall–Kier alpha value is -0.160. The van der Waals surface area contributed by atoms with Gasteiger partial charge in [0.25, 0.3) is 0 Å². The smallest absolute Gasteiger partial charge is 0.0547 e. The van der Waals surface area contributed by atoms with E-state index in [4.69, 9.17) is 4.74 Å². The molecular formula is C15H31N3O. The van der Waals surface area contributed by atoms with Crippen LogP contribution in [0.15, 0.2) is 0 Å². The highest BCUT2D eigenvalue weighted by Gasteiger charge is 2.36. The monoisotopic (exact) mass is 269 g/mol. The SMILES string of the molecule is CC(C)CNCC1(CN2CCN(C)CC2)CCOC1. The van der Waals surface area contributed by atoms with Crippen molar-refractivity contribution in [2.75, 3.05) is 66.1 Å². The zero-order chi connectivity index (χ0) is 13.7. The maximum Gasteiger partial charge on any atom is 0.0547 e. The lowest BCUT2D eigenvalue weighted by molar-refractivity contribution is 0.0785. The predicted octanol–water partition coefficient (Wildman–Crippen LogP) is 0.886. The van der Waals surface area contributed by atoms with Crippen molar-refractivity contribution >= 4 is 0 Å². The molecule has 1 N–H and O–H groups in total. The summed E-state index contributed by atoms with van der Waals surface area (Å²) in [7, 11) is 2.22. The van der Waals surface area contributed by atoms with Crippen molar-refractivity contribution in [3.05, 3.63) is 0 Å². The highest BCUT2D eigenvalue weighted by Crippen LogP contribution is 2.29. The third kappa shape index (κ3) is 4.71. The van der Waals surface area contributed by atoms with E-state index < -0.39 is 0 Å². The van der Waals surface area contributed by atoms with E-state index in [1.807, 2.05) is 0 Å². The van der Waals surface area contributed by atoms with Gasteiger partial charge in [0.05, 0.1) is 6.61 Å². The van der Waals surface area contributed by atoms with E-state index in [9.17, 15) is 0 Å². The van der Waals surface area contributed by atoms with Crippen LogP contribution in [-0.2, 0) is 4.74 Å². The second kappa shape index (κ2) is 7.02. The van der Waals surface area contributed by atoms with Crippen LogP contribution >= 0.6 is 0 Å². The van der Waals surface area contributed by atoms with Crippen LogP contribution in [0, 0.1) is 11.3 Å². The van der Waals surface area contributed by atoms with Crippen molar-refractivity contribution in [3.63, 3.8) is 0 Å². The summed E-state index contributed by atoms with van der Waals surface area (Å²) in [5.74, 6) is 0.725. The Morgan fingerprint density at radius 1 is 1.21 bits per heavy atom. The standard InChI is InChI=1S/C15H31N3O/c1-14(2)10-16-11-15(4-9-19-13-15)12-18-7-5-17(3)6-8-18/h14,16H,4-13H2,1-3H3. The molecule has 0 spiro atoms. The van der Waals surface area contributed by atoms with Gasteiger partial charge < -0.3 is 19.9 Å². The third-order valence-corrected chi connectivity index (χ3v) is 4.39. The van der Waals surface area contributed by atoms with Crippen LogP contribution in [0.1, 0.15) is 20.3 Å². The summed E-state index contributed by atoms with van der Waals surface area (Å²) >= 11 is 0. The molecule has 4 nitrogen and oxygen atoms in total. The highest BCUT2D eigenvalue weighted by molar-refractivity contribution is 4.89. The molecule has 0 aromatic carbocycles. The average molecular weight is 269 g/mol. The second-order valence-electron chi connectivity index (χ2n) is 6.91. The Labute approximate surface area is 118 Å². The Bertz CT molecular complexity index is 256. The van der Waals surface area contributed by atoms with Gasteiger partial charge in [-0.1, -0.05) is 13.8 Å². The van der Waals surface area contributed by atoms with Crippen LogP contribution in [-0.4, -0.2) is 75.9 Å². The van der Waals surface area contributed by atoms with Crippen molar-refractivity contribution < 1.29 is 4.74 Å². The quantitative estimate of drug-likeness (QED) is 0.775. The summed E-state index contributed by atoms with van der Waals surface area (Å²) in [6.07, 6.45) is 1.21. The molecule has 0 aliphatic carbocycles. The Morgan fingerprint density at radius 2 is 1.95 bits per heavy atom. The van der Waals surface area contributed by atoms with Gasteiger partial charge in [-0.05, 0) is 25.9 Å². The molecule has 2 rings (SSSR count). The fraction of sp³-hybridized carbons (Fsp3) is 1.00. The van der Waals surface area contributed by atoms with Crippen LogP contribution in [0.4, 0.5) is 0 Å². The van der Waals surface area contributed by atoms with E-state index in [-0.39, 0.29) is 0 Å². The first-order valence-electron chi connectivity index (χ1n) is 7.79. The summed E-state index contributed by atoms with van der Waals surface area (Å²) in [6, 6.07) is 0. The van der Waals surface area contributed by atoms with E-state index in [1.54, 1.807) is 0 Å². The molecule has 0 bridgehead atoms. The minimum Gasteiger partial charge on any atom is -0.381 e. The number of nitrogens with zero attached hydrogens (tertiary/aromatic N) is 2. The van der Waals surface area contributed by atoms with Crippen molar-refractivity contribution in [1.82, 2.24) is 15.1 Å². The van der Waals surface area contributed by atoms with Crippen molar-refractivity contribution in [3.8, 4) is 0 Å². The molecule has 0 aromatic heterocycles. The van der Waals surface area contributed by atoms with Crippen LogP contribution in [0.25, 0.3) is 0 Å². The van der Waals surface area contributed by atoms with Gasteiger partial charge in [-0.25, -0.2) is 0 Å². The molecule has 0 amide bonds. The molecule has 0 saturated carbocycles. The molecule has 4 heteroatoms. The van der Waals surface area contributed by atoms with Gasteiger partial charge in [0, 0.05) is 51.3 Å². The molecule has 19 heavy (non-hydrogen) atoms. The molecule has 112 valence electrons. The van der Waals surface area contributed by atoms with E-state index >= 15 is 0 Å². The zero-order valence-electron chi connectivity index (χ0n) is 13.0. The number of ether oxygens (including phenoxy) is 1. The van der Waals surface area contributed by atoms with Crippen LogP contribution in [0.3, 0.4) is 0 Å². The van der Waals surface area contributed by atoms with Gasteiger partial charge in [0.15, 0.2) is 0 Å². The summed E-state index contributed by atoms with van der Waals surface area (Å²) in [4.78, 5) is 5.05. The first-order valence-corrected chi connectivity index (χ1v) is 7.79. The second-order valence-corrected chi connectivity index (χ2v) is 6.91.